The number of carbonyl (C=O) groups excluding carboxylic acids is 1. The predicted octanol–water partition coefficient (Wildman–Crippen LogP) is 5.42. The SMILES string of the molecule is C=CC(=O)Nc1ccc(F)c(Nc2nc(Nc3cn(C)nc3Cl)ncc2-c2ccccc2F)c1. The lowest BCUT2D eigenvalue weighted by Crippen LogP contribution is -2.08. The standard InChI is InChI=1S/C23H18ClF2N7O/c1-3-20(34)28-13-8-9-17(26)18(10-13)29-22-15(14-6-4-5-7-16(14)25)11-27-23(31-22)30-19-12-33(2)32-21(19)24/h3-12H,1H2,2H3,(H,28,34)(H2,27,29,30,31). The summed E-state index contributed by atoms with van der Waals surface area (Å²) in [6, 6.07) is 10.0. The van der Waals surface area contributed by atoms with Crippen molar-refractivity contribution in [2.75, 3.05) is 16.0 Å². The molecule has 0 radical (unpaired) electrons. The minimum atomic E-state index is -0.612. The molecule has 0 aliphatic rings. The zero-order valence-electron chi connectivity index (χ0n) is 17.8. The quantitative estimate of drug-likeness (QED) is 0.305. The summed E-state index contributed by atoms with van der Waals surface area (Å²) in [7, 11) is 1.70. The third-order valence-electron chi connectivity index (χ3n) is 4.66. The van der Waals surface area contributed by atoms with Crippen LogP contribution in [0.25, 0.3) is 11.1 Å². The molecule has 11 heteroatoms. The number of hydrogen-bond donors (Lipinski definition) is 3. The number of amides is 1. The van der Waals surface area contributed by atoms with Crippen molar-refractivity contribution in [1.82, 2.24) is 19.7 Å². The van der Waals surface area contributed by atoms with Crippen molar-refractivity contribution in [2.24, 2.45) is 7.05 Å². The molecule has 0 saturated heterocycles. The van der Waals surface area contributed by atoms with Gasteiger partial charge in [-0.25, -0.2) is 13.8 Å². The van der Waals surface area contributed by atoms with E-state index in [0.717, 1.165) is 6.08 Å². The van der Waals surface area contributed by atoms with Crippen LogP contribution in [0.4, 0.5) is 37.6 Å². The largest absolute Gasteiger partial charge is 0.337 e. The Morgan fingerprint density at radius 2 is 1.88 bits per heavy atom. The number of nitrogens with one attached hydrogen (secondary N) is 3. The first kappa shape index (κ1) is 22.9. The highest BCUT2D eigenvalue weighted by Gasteiger charge is 2.16. The summed E-state index contributed by atoms with van der Waals surface area (Å²) < 4.78 is 30.7. The Morgan fingerprint density at radius 3 is 2.59 bits per heavy atom. The van der Waals surface area contributed by atoms with Gasteiger partial charge in [0, 0.05) is 36.3 Å². The fraction of sp³-hybridized carbons (Fsp3) is 0.0435. The number of nitrogens with zero attached hydrogens (tertiary/aromatic N) is 4. The van der Waals surface area contributed by atoms with Crippen molar-refractivity contribution >= 4 is 46.3 Å². The van der Waals surface area contributed by atoms with Gasteiger partial charge in [0.1, 0.15) is 17.5 Å². The van der Waals surface area contributed by atoms with E-state index >= 15 is 0 Å². The van der Waals surface area contributed by atoms with Gasteiger partial charge in [-0.15, -0.1) is 0 Å². The zero-order valence-corrected chi connectivity index (χ0v) is 18.6. The molecule has 0 aliphatic carbocycles. The normalized spacial score (nSPS) is 10.6. The Bertz CT molecular complexity index is 1390. The average molecular weight is 482 g/mol. The minimum Gasteiger partial charge on any atom is -0.337 e. The van der Waals surface area contributed by atoms with E-state index in [2.05, 4.69) is 37.6 Å². The van der Waals surface area contributed by atoms with Crippen LogP contribution in [0.2, 0.25) is 5.15 Å². The number of benzene rings is 2. The number of aryl methyl sites for hydroxylation is 1. The van der Waals surface area contributed by atoms with E-state index in [1.165, 1.54) is 35.1 Å². The van der Waals surface area contributed by atoms with Crippen LogP contribution >= 0.6 is 11.6 Å². The van der Waals surface area contributed by atoms with Gasteiger partial charge in [0.2, 0.25) is 11.9 Å². The third-order valence-corrected chi connectivity index (χ3v) is 4.93. The van der Waals surface area contributed by atoms with Gasteiger partial charge in [-0.1, -0.05) is 36.4 Å². The van der Waals surface area contributed by atoms with Crippen molar-refractivity contribution < 1.29 is 13.6 Å². The highest BCUT2D eigenvalue weighted by molar-refractivity contribution is 6.32. The first-order valence-electron chi connectivity index (χ1n) is 9.92. The first-order chi connectivity index (χ1) is 16.3. The fourth-order valence-electron chi connectivity index (χ4n) is 3.10. The van der Waals surface area contributed by atoms with E-state index in [1.54, 1.807) is 31.4 Å². The molecular formula is C23H18ClF2N7O. The molecule has 4 aromatic rings. The summed E-state index contributed by atoms with van der Waals surface area (Å²) in [6.07, 6.45) is 4.13. The lowest BCUT2D eigenvalue weighted by molar-refractivity contribution is -0.111. The van der Waals surface area contributed by atoms with Gasteiger partial charge < -0.3 is 16.0 Å². The van der Waals surface area contributed by atoms with Crippen LogP contribution in [0.5, 0.6) is 0 Å². The maximum absolute atomic E-state index is 14.6. The molecule has 8 nitrogen and oxygen atoms in total. The number of hydrogen-bond acceptors (Lipinski definition) is 6. The van der Waals surface area contributed by atoms with Crippen LogP contribution in [-0.2, 0) is 11.8 Å². The van der Waals surface area contributed by atoms with Crippen molar-refractivity contribution in [2.45, 2.75) is 0 Å². The Kier molecular flexibility index (Phi) is 6.51. The van der Waals surface area contributed by atoms with Crippen LogP contribution in [0.1, 0.15) is 0 Å². The molecule has 0 atom stereocenters. The maximum Gasteiger partial charge on any atom is 0.247 e. The molecule has 0 bridgehead atoms. The number of rotatable bonds is 7. The molecular weight excluding hydrogens is 464 g/mol. The van der Waals surface area contributed by atoms with Crippen LogP contribution in [-0.4, -0.2) is 25.7 Å². The van der Waals surface area contributed by atoms with E-state index < -0.39 is 17.5 Å². The molecule has 34 heavy (non-hydrogen) atoms. The Balaban J connectivity index is 1.76. The molecule has 0 saturated carbocycles. The van der Waals surface area contributed by atoms with Gasteiger partial charge in [0.25, 0.3) is 0 Å². The molecule has 0 fully saturated rings. The van der Waals surface area contributed by atoms with E-state index in [1.807, 2.05) is 0 Å². The summed E-state index contributed by atoms with van der Waals surface area (Å²) in [5, 5.41) is 12.6. The Hall–Kier alpha value is -4.31. The molecule has 0 unspecified atom stereocenters. The molecule has 2 heterocycles. The molecule has 2 aromatic carbocycles. The van der Waals surface area contributed by atoms with Gasteiger partial charge >= 0.3 is 0 Å². The summed E-state index contributed by atoms with van der Waals surface area (Å²) in [5.41, 5.74) is 1.29. The lowest BCUT2D eigenvalue weighted by atomic mass is 10.1. The highest BCUT2D eigenvalue weighted by atomic mass is 35.5. The van der Waals surface area contributed by atoms with Gasteiger partial charge in [-0.2, -0.15) is 10.1 Å². The molecule has 0 aliphatic heterocycles. The summed E-state index contributed by atoms with van der Waals surface area (Å²) >= 11 is 6.10. The molecule has 4 rings (SSSR count). The minimum absolute atomic E-state index is 0.00325. The predicted molar refractivity (Wildman–Crippen MR) is 127 cm³/mol. The van der Waals surface area contributed by atoms with E-state index in [4.69, 9.17) is 11.6 Å². The van der Waals surface area contributed by atoms with Crippen molar-refractivity contribution in [3.05, 3.63) is 84.3 Å². The second-order valence-electron chi connectivity index (χ2n) is 7.08. The topological polar surface area (TPSA) is 96.8 Å². The summed E-state index contributed by atoms with van der Waals surface area (Å²) in [5.74, 6) is -1.33. The van der Waals surface area contributed by atoms with Crippen LogP contribution < -0.4 is 16.0 Å². The first-order valence-corrected chi connectivity index (χ1v) is 10.3. The number of anilines is 5. The highest BCUT2D eigenvalue weighted by Crippen LogP contribution is 2.33. The average Bonchev–Trinajstić information content (AvgIpc) is 3.13. The molecule has 0 spiro atoms. The van der Waals surface area contributed by atoms with Crippen LogP contribution in [0.15, 0.2) is 67.5 Å². The van der Waals surface area contributed by atoms with Gasteiger partial charge in [-0.05, 0) is 30.3 Å². The van der Waals surface area contributed by atoms with Crippen molar-refractivity contribution in [3.63, 3.8) is 0 Å². The summed E-state index contributed by atoms with van der Waals surface area (Å²) in [6.45, 7) is 3.39. The number of carbonyl (C=O) groups is 1. The van der Waals surface area contributed by atoms with E-state index in [9.17, 15) is 13.6 Å². The smallest absolute Gasteiger partial charge is 0.247 e. The molecule has 3 N–H and O–H groups in total. The van der Waals surface area contributed by atoms with Crippen LogP contribution in [0, 0.1) is 11.6 Å². The zero-order chi connectivity index (χ0) is 24.2. The monoisotopic (exact) mass is 481 g/mol. The molecule has 2 aromatic heterocycles. The maximum atomic E-state index is 14.6. The number of aromatic nitrogens is 4. The van der Waals surface area contributed by atoms with E-state index in [0.29, 0.717) is 16.9 Å². The lowest BCUT2D eigenvalue weighted by Gasteiger charge is -2.15. The molecule has 1 amide bonds. The van der Waals surface area contributed by atoms with Gasteiger partial charge in [-0.3, -0.25) is 9.48 Å². The number of halogens is 3. The van der Waals surface area contributed by atoms with Gasteiger partial charge in [0.05, 0.1) is 11.4 Å². The van der Waals surface area contributed by atoms with Crippen molar-refractivity contribution in [1.29, 1.82) is 0 Å². The molecule has 172 valence electrons. The second kappa shape index (κ2) is 9.67. The van der Waals surface area contributed by atoms with Crippen molar-refractivity contribution in [3.8, 4) is 11.1 Å². The van der Waals surface area contributed by atoms with E-state index in [-0.39, 0.29) is 28.2 Å². The van der Waals surface area contributed by atoms with Gasteiger partial charge in [0.15, 0.2) is 5.15 Å². The third kappa shape index (κ3) is 5.02. The Labute approximate surface area is 198 Å². The summed E-state index contributed by atoms with van der Waals surface area (Å²) in [4.78, 5) is 20.3. The Morgan fingerprint density at radius 1 is 1.09 bits per heavy atom. The second-order valence-corrected chi connectivity index (χ2v) is 7.44. The van der Waals surface area contributed by atoms with Crippen LogP contribution in [0.3, 0.4) is 0 Å². The fourth-order valence-corrected chi connectivity index (χ4v) is 3.31.